The van der Waals surface area contributed by atoms with Crippen molar-refractivity contribution < 1.29 is 23.8 Å². The smallest absolute Gasteiger partial charge is 0.255 e. The van der Waals surface area contributed by atoms with Crippen LogP contribution in [0.2, 0.25) is 0 Å². The predicted octanol–water partition coefficient (Wildman–Crippen LogP) is 7.12. The molecule has 4 rings (SSSR count). The van der Waals surface area contributed by atoms with E-state index in [1.165, 1.54) is 34.6 Å². The highest BCUT2D eigenvalue weighted by atomic mass is 32.1. The lowest BCUT2D eigenvalue weighted by atomic mass is 10.1. The van der Waals surface area contributed by atoms with E-state index in [4.69, 9.17) is 0 Å². The molecule has 0 fully saturated rings. The summed E-state index contributed by atoms with van der Waals surface area (Å²) in [7, 11) is 0. The van der Waals surface area contributed by atoms with Gasteiger partial charge in [-0.2, -0.15) is 0 Å². The normalized spacial score (nSPS) is 13.2. The quantitative estimate of drug-likeness (QED) is 0.233. The number of carbonyl (C=O) groups excluding carboxylic acids is 1. The first kappa shape index (κ1) is 32.9. The summed E-state index contributed by atoms with van der Waals surface area (Å²) in [6.45, 7) is 10.9. The number of thiophene rings is 1. The monoisotopic (exact) mass is 570 g/mol. The molecule has 0 spiro atoms. The molecule has 1 unspecified atom stereocenters. The number of hydrogen-bond acceptors (Lipinski definition) is 5. The van der Waals surface area contributed by atoms with Crippen LogP contribution >= 0.6 is 11.3 Å². The number of hydrogen-bond donors (Lipinski definition) is 4. The highest BCUT2D eigenvalue weighted by Crippen LogP contribution is 2.34. The van der Waals surface area contributed by atoms with Crippen molar-refractivity contribution in [3.8, 4) is 5.75 Å². The topological polar surface area (TPSA) is 81.6 Å². The van der Waals surface area contributed by atoms with Crippen LogP contribution in [0.5, 0.6) is 5.75 Å². The molecule has 3 aromatic rings. The first-order valence-corrected chi connectivity index (χ1v) is 14.4. The first-order valence-electron chi connectivity index (χ1n) is 13.5. The highest BCUT2D eigenvalue weighted by molar-refractivity contribution is 7.17. The van der Waals surface area contributed by atoms with E-state index in [2.05, 4.69) is 41.9 Å². The number of fused-ring (bicyclic) bond motifs is 1. The molecule has 1 aromatic heterocycles. The molecule has 1 atom stereocenters. The summed E-state index contributed by atoms with van der Waals surface area (Å²) in [6, 6.07) is 6.92. The molecule has 0 saturated heterocycles. The standard InChI is InChI=1S/C23H28N2O3S.C7H6F2.C2H6/c1-3-16-6-4-5-7-17(11-16)12-24-13-18(26)14-25-23(28)20-10-15(2)22-19(21(20)27)8-9-29-22;1-5-2-6(8)4-7(9)3-5;1-2/h4-6,8-11,18,24,26-27H,3,7,12-14H2,1-2H3,(H,25,28);2-4H,1H3;1-2H3. The maximum Gasteiger partial charge on any atom is 0.255 e. The molecule has 4 N–H and O–H groups in total. The highest BCUT2D eigenvalue weighted by Gasteiger charge is 2.17. The maximum atomic E-state index is 12.5. The second kappa shape index (κ2) is 16.7. The van der Waals surface area contributed by atoms with Crippen LogP contribution in [0.15, 0.2) is 71.2 Å². The van der Waals surface area contributed by atoms with E-state index in [0.717, 1.165) is 29.2 Å². The van der Waals surface area contributed by atoms with Gasteiger partial charge in [0.2, 0.25) is 0 Å². The van der Waals surface area contributed by atoms with Crippen molar-refractivity contribution in [2.24, 2.45) is 0 Å². The van der Waals surface area contributed by atoms with E-state index in [1.54, 1.807) is 13.0 Å². The molecule has 1 heterocycles. The second-order valence-corrected chi connectivity index (χ2v) is 10.1. The molecule has 1 aliphatic rings. The number of phenols is 1. The van der Waals surface area contributed by atoms with Crippen molar-refractivity contribution in [1.29, 1.82) is 0 Å². The fraction of sp³-hybridized carbons (Fsp3) is 0.344. The van der Waals surface area contributed by atoms with E-state index in [9.17, 15) is 23.8 Å². The number of allylic oxidation sites excluding steroid dienone is 5. The Bertz CT molecular complexity index is 1310. The lowest BCUT2D eigenvalue weighted by molar-refractivity contribution is 0.0913. The molecule has 40 heavy (non-hydrogen) atoms. The summed E-state index contributed by atoms with van der Waals surface area (Å²) in [5.41, 5.74) is 4.36. The van der Waals surface area contributed by atoms with Crippen LogP contribution in [0.1, 0.15) is 55.1 Å². The molecule has 0 radical (unpaired) electrons. The molecule has 0 bridgehead atoms. The van der Waals surface area contributed by atoms with Crippen LogP contribution in [0.25, 0.3) is 10.1 Å². The van der Waals surface area contributed by atoms with Crippen LogP contribution in [0.4, 0.5) is 8.78 Å². The van der Waals surface area contributed by atoms with Gasteiger partial charge in [-0.1, -0.05) is 50.6 Å². The number of aliphatic hydroxyl groups excluding tert-OH is 1. The van der Waals surface area contributed by atoms with Gasteiger partial charge in [-0.3, -0.25) is 4.79 Å². The summed E-state index contributed by atoms with van der Waals surface area (Å²) in [5, 5.41) is 29.2. The fourth-order valence-corrected chi connectivity index (χ4v) is 4.94. The molecule has 1 amide bonds. The number of nitrogens with one attached hydrogen (secondary N) is 2. The third-order valence-electron chi connectivity index (χ3n) is 6.00. The summed E-state index contributed by atoms with van der Waals surface area (Å²) in [6.07, 6.45) is 9.71. The average molecular weight is 571 g/mol. The summed E-state index contributed by atoms with van der Waals surface area (Å²) < 4.78 is 25.4. The average Bonchev–Trinajstić information content (AvgIpc) is 3.32. The molecule has 5 nitrogen and oxygen atoms in total. The van der Waals surface area contributed by atoms with E-state index in [1.807, 2.05) is 32.2 Å². The van der Waals surface area contributed by atoms with Crippen molar-refractivity contribution in [2.75, 3.05) is 19.6 Å². The zero-order valence-electron chi connectivity index (χ0n) is 23.9. The summed E-state index contributed by atoms with van der Waals surface area (Å²) >= 11 is 1.54. The fourth-order valence-electron chi connectivity index (χ4n) is 4.06. The third kappa shape index (κ3) is 10.0. The summed E-state index contributed by atoms with van der Waals surface area (Å²) in [4.78, 5) is 12.5. The minimum Gasteiger partial charge on any atom is -0.506 e. The number of aliphatic hydroxyl groups is 1. The van der Waals surface area contributed by atoms with Gasteiger partial charge in [0.15, 0.2) is 0 Å². The largest absolute Gasteiger partial charge is 0.506 e. The van der Waals surface area contributed by atoms with Gasteiger partial charge in [0, 0.05) is 35.8 Å². The Kier molecular flexibility index (Phi) is 13.7. The van der Waals surface area contributed by atoms with Gasteiger partial charge in [0.05, 0.1) is 11.7 Å². The Morgan fingerprint density at radius 3 is 2.45 bits per heavy atom. The third-order valence-corrected chi connectivity index (χ3v) is 7.05. The summed E-state index contributed by atoms with van der Waals surface area (Å²) in [5.74, 6) is -1.43. The number of phenolic OH excluding ortho intramolecular Hbond substituents is 1. The number of benzene rings is 2. The Labute approximate surface area is 239 Å². The number of halogens is 2. The van der Waals surface area contributed by atoms with Gasteiger partial charge in [0.25, 0.3) is 5.91 Å². The number of rotatable bonds is 8. The minimum atomic E-state index is -0.713. The molecular weight excluding hydrogens is 530 g/mol. The van der Waals surface area contributed by atoms with Gasteiger partial charge < -0.3 is 20.8 Å². The lowest BCUT2D eigenvalue weighted by Gasteiger charge is -2.15. The Hall–Kier alpha value is -3.33. The van der Waals surface area contributed by atoms with E-state index < -0.39 is 17.7 Å². The van der Waals surface area contributed by atoms with Gasteiger partial charge in [0.1, 0.15) is 17.4 Å². The lowest BCUT2D eigenvalue weighted by Crippen LogP contribution is -2.38. The minimum absolute atomic E-state index is 0.00916. The first-order chi connectivity index (χ1) is 19.2. The number of aromatic hydroxyl groups is 1. The Morgan fingerprint density at radius 2 is 1.80 bits per heavy atom. The zero-order chi connectivity index (χ0) is 29.7. The number of amides is 1. The van der Waals surface area contributed by atoms with Crippen LogP contribution in [0, 0.1) is 25.5 Å². The van der Waals surface area contributed by atoms with E-state index in [0.29, 0.717) is 24.0 Å². The van der Waals surface area contributed by atoms with Gasteiger partial charge in [-0.25, -0.2) is 8.78 Å². The van der Waals surface area contributed by atoms with Crippen molar-refractivity contribution >= 4 is 27.3 Å². The Morgan fingerprint density at radius 1 is 1.10 bits per heavy atom. The van der Waals surface area contributed by atoms with Crippen molar-refractivity contribution in [3.05, 3.63) is 99.5 Å². The number of aryl methyl sites for hydroxylation is 2. The predicted molar refractivity (Wildman–Crippen MR) is 162 cm³/mol. The SMILES string of the molecule is CC.CCC1=CC=CCC(CNCC(O)CNC(=O)c2cc(C)c3sccc3c2O)=C1.Cc1cc(F)cc(F)c1. The van der Waals surface area contributed by atoms with Gasteiger partial charge in [-0.15, -0.1) is 11.3 Å². The molecule has 1 aliphatic carbocycles. The second-order valence-electron chi connectivity index (χ2n) is 9.22. The molecular formula is C32H40F2N2O3S. The van der Waals surface area contributed by atoms with Gasteiger partial charge >= 0.3 is 0 Å². The molecule has 216 valence electrons. The van der Waals surface area contributed by atoms with E-state index in [-0.39, 0.29) is 23.8 Å². The Balaban J connectivity index is 0.000000428. The van der Waals surface area contributed by atoms with Crippen molar-refractivity contribution in [1.82, 2.24) is 10.6 Å². The maximum absolute atomic E-state index is 12.5. The van der Waals surface area contributed by atoms with Crippen LogP contribution in [-0.2, 0) is 0 Å². The van der Waals surface area contributed by atoms with Crippen LogP contribution in [0.3, 0.4) is 0 Å². The van der Waals surface area contributed by atoms with Crippen LogP contribution < -0.4 is 10.6 Å². The van der Waals surface area contributed by atoms with Crippen molar-refractivity contribution in [2.45, 2.75) is 53.6 Å². The van der Waals surface area contributed by atoms with Gasteiger partial charge in [-0.05, 0) is 73.0 Å². The van der Waals surface area contributed by atoms with Crippen molar-refractivity contribution in [3.63, 3.8) is 0 Å². The van der Waals surface area contributed by atoms with E-state index >= 15 is 0 Å². The zero-order valence-corrected chi connectivity index (χ0v) is 24.7. The molecule has 2 aromatic carbocycles. The number of carbonyl (C=O) groups is 1. The van der Waals surface area contributed by atoms with Crippen LogP contribution in [-0.4, -0.2) is 41.9 Å². The molecule has 8 heteroatoms. The molecule has 0 saturated carbocycles. The molecule has 0 aliphatic heterocycles.